The number of ether oxygens (including phenoxy) is 1. The molecule has 1 unspecified atom stereocenters. The zero-order valence-corrected chi connectivity index (χ0v) is 12.2. The molecule has 1 aromatic rings. The minimum Gasteiger partial charge on any atom is -0.384 e. The molecule has 0 aliphatic carbocycles. The van der Waals surface area contributed by atoms with Crippen molar-refractivity contribution in [3.8, 4) is 0 Å². The van der Waals surface area contributed by atoms with E-state index in [4.69, 9.17) is 10.6 Å². The van der Waals surface area contributed by atoms with Gasteiger partial charge in [-0.15, -0.1) is 0 Å². The van der Waals surface area contributed by atoms with E-state index in [2.05, 4.69) is 5.43 Å². The number of anilines is 1. The summed E-state index contributed by atoms with van der Waals surface area (Å²) in [7, 11) is 1.71. The Morgan fingerprint density at radius 2 is 2.35 bits per heavy atom. The van der Waals surface area contributed by atoms with E-state index in [0.717, 1.165) is 49.4 Å². The first-order chi connectivity index (χ1) is 9.65. The van der Waals surface area contributed by atoms with Gasteiger partial charge in [-0.1, -0.05) is 0 Å². The van der Waals surface area contributed by atoms with E-state index >= 15 is 0 Å². The third-order valence-electron chi connectivity index (χ3n) is 3.84. The Balaban J connectivity index is 2.08. The molecule has 1 fully saturated rings. The molecular formula is C15H23N3O2. The van der Waals surface area contributed by atoms with Crippen LogP contribution in [0, 0.1) is 12.8 Å². The number of hydrazine groups is 1. The normalized spacial score (nSPS) is 18.9. The monoisotopic (exact) mass is 277 g/mol. The van der Waals surface area contributed by atoms with Crippen molar-refractivity contribution in [2.75, 3.05) is 32.2 Å². The van der Waals surface area contributed by atoms with Crippen LogP contribution >= 0.6 is 0 Å². The number of nitrogens with two attached hydrogens (primary N) is 1. The molecule has 1 aliphatic rings. The number of piperidine rings is 1. The Bertz CT molecular complexity index is 474. The molecule has 0 radical (unpaired) electrons. The van der Waals surface area contributed by atoms with Crippen molar-refractivity contribution in [3.63, 3.8) is 0 Å². The molecule has 1 saturated heterocycles. The molecule has 0 bridgehead atoms. The first-order valence-electron chi connectivity index (χ1n) is 7.01. The van der Waals surface area contributed by atoms with E-state index in [1.807, 2.05) is 30.0 Å². The number of amides is 1. The summed E-state index contributed by atoms with van der Waals surface area (Å²) in [6.45, 7) is 4.27. The van der Waals surface area contributed by atoms with Gasteiger partial charge in [0.25, 0.3) is 5.91 Å². The third-order valence-corrected chi connectivity index (χ3v) is 3.84. The van der Waals surface area contributed by atoms with Crippen LogP contribution in [0.25, 0.3) is 0 Å². The van der Waals surface area contributed by atoms with Crippen molar-refractivity contribution in [1.82, 2.24) is 4.90 Å². The van der Waals surface area contributed by atoms with Gasteiger partial charge < -0.3 is 15.1 Å². The van der Waals surface area contributed by atoms with Crippen LogP contribution in [0.4, 0.5) is 5.69 Å². The standard InChI is InChI=1S/C15H23N3O2/c1-11-8-13(5-6-14(11)17-16)15(19)18-7-3-4-12(9-18)10-20-2/h5-6,8,12,17H,3-4,7,9-10,16H2,1-2H3. The number of carbonyl (C=O) groups is 1. The number of nitrogen functional groups attached to an aromatic ring is 1. The minimum absolute atomic E-state index is 0.0949. The predicted molar refractivity (Wildman–Crippen MR) is 79.5 cm³/mol. The SMILES string of the molecule is COCC1CCCN(C(=O)c2ccc(NN)c(C)c2)C1. The van der Waals surface area contributed by atoms with Crippen LogP contribution in [0.3, 0.4) is 0 Å². The molecule has 3 N–H and O–H groups in total. The van der Waals surface area contributed by atoms with E-state index in [0.29, 0.717) is 5.92 Å². The summed E-state index contributed by atoms with van der Waals surface area (Å²) in [5.74, 6) is 5.95. The topological polar surface area (TPSA) is 67.6 Å². The van der Waals surface area contributed by atoms with Gasteiger partial charge in [-0.2, -0.15) is 0 Å². The molecule has 1 aromatic carbocycles. The van der Waals surface area contributed by atoms with Crippen molar-refractivity contribution in [1.29, 1.82) is 0 Å². The average molecular weight is 277 g/mol. The van der Waals surface area contributed by atoms with Crippen molar-refractivity contribution < 1.29 is 9.53 Å². The van der Waals surface area contributed by atoms with Gasteiger partial charge in [-0.3, -0.25) is 10.6 Å². The summed E-state index contributed by atoms with van der Waals surface area (Å²) in [6, 6.07) is 5.56. The zero-order chi connectivity index (χ0) is 14.5. The van der Waals surface area contributed by atoms with E-state index in [1.54, 1.807) is 7.11 Å². The maximum atomic E-state index is 12.5. The maximum absolute atomic E-state index is 12.5. The number of likely N-dealkylation sites (tertiary alicyclic amines) is 1. The Kier molecular flexibility index (Phi) is 4.98. The molecule has 0 saturated carbocycles. The Hall–Kier alpha value is -1.59. The number of methoxy groups -OCH3 is 1. The van der Waals surface area contributed by atoms with Crippen LogP contribution in [0.1, 0.15) is 28.8 Å². The molecule has 1 aliphatic heterocycles. The highest BCUT2D eigenvalue weighted by Crippen LogP contribution is 2.21. The van der Waals surface area contributed by atoms with Crippen molar-refractivity contribution >= 4 is 11.6 Å². The van der Waals surface area contributed by atoms with E-state index in [-0.39, 0.29) is 5.91 Å². The lowest BCUT2D eigenvalue weighted by Gasteiger charge is -2.32. The van der Waals surface area contributed by atoms with Crippen molar-refractivity contribution in [3.05, 3.63) is 29.3 Å². The van der Waals surface area contributed by atoms with Crippen LogP contribution in [-0.2, 0) is 4.74 Å². The fourth-order valence-electron chi connectivity index (χ4n) is 2.76. The van der Waals surface area contributed by atoms with Gasteiger partial charge in [-0.05, 0) is 49.4 Å². The minimum atomic E-state index is 0.0949. The van der Waals surface area contributed by atoms with Crippen LogP contribution < -0.4 is 11.3 Å². The zero-order valence-electron chi connectivity index (χ0n) is 12.2. The molecule has 110 valence electrons. The number of nitrogens with zero attached hydrogens (tertiary/aromatic N) is 1. The fourth-order valence-corrected chi connectivity index (χ4v) is 2.76. The summed E-state index contributed by atoms with van der Waals surface area (Å²) in [6.07, 6.45) is 2.17. The predicted octanol–water partition coefficient (Wildman–Crippen LogP) is 1.78. The maximum Gasteiger partial charge on any atom is 0.253 e. The van der Waals surface area contributed by atoms with Crippen LogP contribution in [0.5, 0.6) is 0 Å². The highest BCUT2D eigenvalue weighted by atomic mass is 16.5. The first-order valence-corrected chi connectivity index (χ1v) is 7.01. The van der Waals surface area contributed by atoms with Gasteiger partial charge in [0.2, 0.25) is 0 Å². The number of rotatable bonds is 4. The van der Waals surface area contributed by atoms with Crippen LogP contribution in [0.15, 0.2) is 18.2 Å². The fraction of sp³-hybridized carbons (Fsp3) is 0.533. The van der Waals surface area contributed by atoms with Crippen LogP contribution in [-0.4, -0.2) is 37.6 Å². The van der Waals surface area contributed by atoms with Gasteiger partial charge in [0.15, 0.2) is 0 Å². The Labute approximate surface area is 120 Å². The lowest BCUT2D eigenvalue weighted by molar-refractivity contribution is 0.0571. The van der Waals surface area contributed by atoms with Gasteiger partial charge in [0.05, 0.1) is 12.3 Å². The van der Waals surface area contributed by atoms with Gasteiger partial charge in [0.1, 0.15) is 0 Å². The number of aryl methyl sites for hydroxylation is 1. The summed E-state index contributed by atoms with van der Waals surface area (Å²) < 4.78 is 5.20. The third kappa shape index (κ3) is 3.29. The summed E-state index contributed by atoms with van der Waals surface area (Å²) in [5.41, 5.74) is 5.17. The second-order valence-corrected chi connectivity index (χ2v) is 5.39. The summed E-state index contributed by atoms with van der Waals surface area (Å²) in [4.78, 5) is 14.5. The second kappa shape index (κ2) is 6.72. The van der Waals surface area contributed by atoms with Gasteiger partial charge >= 0.3 is 0 Å². The molecule has 0 spiro atoms. The molecule has 1 atom stereocenters. The molecule has 1 heterocycles. The quantitative estimate of drug-likeness (QED) is 0.650. The highest BCUT2D eigenvalue weighted by molar-refractivity contribution is 5.95. The number of hydrogen-bond acceptors (Lipinski definition) is 4. The first kappa shape index (κ1) is 14.8. The lowest BCUT2D eigenvalue weighted by Crippen LogP contribution is -2.41. The molecular weight excluding hydrogens is 254 g/mol. The number of nitrogens with one attached hydrogen (secondary N) is 1. The smallest absolute Gasteiger partial charge is 0.253 e. The molecule has 5 nitrogen and oxygen atoms in total. The largest absolute Gasteiger partial charge is 0.384 e. The number of carbonyl (C=O) groups excluding carboxylic acids is 1. The molecule has 5 heteroatoms. The molecule has 2 rings (SSSR count). The van der Waals surface area contributed by atoms with Crippen molar-refractivity contribution in [2.24, 2.45) is 11.8 Å². The molecule has 0 aromatic heterocycles. The second-order valence-electron chi connectivity index (χ2n) is 5.39. The average Bonchev–Trinajstić information content (AvgIpc) is 2.47. The van der Waals surface area contributed by atoms with Crippen LogP contribution in [0.2, 0.25) is 0 Å². The van der Waals surface area contributed by atoms with Gasteiger partial charge in [0, 0.05) is 25.8 Å². The Morgan fingerprint density at radius 3 is 3.00 bits per heavy atom. The number of benzene rings is 1. The van der Waals surface area contributed by atoms with Crippen molar-refractivity contribution in [2.45, 2.75) is 19.8 Å². The summed E-state index contributed by atoms with van der Waals surface area (Å²) >= 11 is 0. The molecule has 1 amide bonds. The lowest BCUT2D eigenvalue weighted by atomic mass is 9.98. The Morgan fingerprint density at radius 1 is 1.55 bits per heavy atom. The number of hydrogen-bond donors (Lipinski definition) is 2. The van der Waals surface area contributed by atoms with E-state index in [9.17, 15) is 4.79 Å². The highest BCUT2D eigenvalue weighted by Gasteiger charge is 2.24. The summed E-state index contributed by atoms with van der Waals surface area (Å²) in [5, 5.41) is 0. The van der Waals surface area contributed by atoms with Gasteiger partial charge in [-0.25, -0.2) is 0 Å². The molecule has 20 heavy (non-hydrogen) atoms. The van der Waals surface area contributed by atoms with E-state index in [1.165, 1.54) is 0 Å². The van der Waals surface area contributed by atoms with E-state index < -0.39 is 0 Å².